The molecule has 0 spiro atoms. The molecular weight excluding hydrogens is 252 g/mol. The Morgan fingerprint density at radius 3 is 2.95 bits per heavy atom. The first kappa shape index (κ1) is 14.3. The molecule has 0 fully saturated rings. The Morgan fingerprint density at radius 2 is 2.20 bits per heavy atom. The van der Waals surface area contributed by atoms with E-state index in [9.17, 15) is 4.79 Å². The molecule has 0 amide bonds. The SMILES string of the molecule is CCOC(=O)C=CCC(C)(N)c1c[nH]c2ccccc12. The van der Waals surface area contributed by atoms with Crippen LogP contribution < -0.4 is 5.73 Å². The second kappa shape index (κ2) is 5.92. The smallest absolute Gasteiger partial charge is 0.330 e. The number of hydrogen-bond donors (Lipinski definition) is 2. The van der Waals surface area contributed by atoms with Crippen LogP contribution >= 0.6 is 0 Å². The highest BCUT2D eigenvalue weighted by Crippen LogP contribution is 2.29. The maximum atomic E-state index is 11.3. The number of H-pyrrole nitrogens is 1. The van der Waals surface area contributed by atoms with E-state index < -0.39 is 5.54 Å². The minimum absolute atomic E-state index is 0.331. The first-order valence-corrected chi connectivity index (χ1v) is 6.73. The third-order valence-corrected chi connectivity index (χ3v) is 3.29. The fraction of sp³-hybridized carbons (Fsp3) is 0.312. The molecule has 1 atom stereocenters. The third-order valence-electron chi connectivity index (χ3n) is 3.29. The second-order valence-corrected chi connectivity index (χ2v) is 5.02. The van der Waals surface area contributed by atoms with E-state index in [1.807, 2.05) is 37.4 Å². The van der Waals surface area contributed by atoms with Crippen molar-refractivity contribution < 1.29 is 9.53 Å². The van der Waals surface area contributed by atoms with Gasteiger partial charge in [0.1, 0.15) is 0 Å². The topological polar surface area (TPSA) is 68.1 Å². The average Bonchev–Trinajstić information content (AvgIpc) is 2.83. The summed E-state index contributed by atoms with van der Waals surface area (Å²) in [6, 6.07) is 8.03. The van der Waals surface area contributed by atoms with Crippen molar-refractivity contribution in [2.24, 2.45) is 5.73 Å². The predicted octanol–water partition coefficient (Wildman–Crippen LogP) is 2.85. The van der Waals surface area contributed by atoms with E-state index in [4.69, 9.17) is 10.5 Å². The number of benzene rings is 1. The minimum Gasteiger partial charge on any atom is -0.463 e. The minimum atomic E-state index is -0.539. The van der Waals surface area contributed by atoms with Crippen molar-refractivity contribution in [2.45, 2.75) is 25.8 Å². The molecule has 20 heavy (non-hydrogen) atoms. The predicted molar refractivity (Wildman–Crippen MR) is 80.2 cm³/mol. The van der Waals surface area contributed by atoms with E-state index in [-0.39, 0.29) is 5.97 Å². The summed E-state index contributed by atoms with van der Waals surface area (Å²) in [6.45, 7) is 4.12. The average molecular weight is 272 g/mol. The summed E-state index contributed by atoms with van der Waals surface area (Å²) in [5.41, 5.74) is 7.95. The second-order valence-electron chi connectivity index (χ2n) is 5.02. The molecule has 0 aliphatic heterocycles. The summed E-state index contributed by atoms with van der Waals surface area (Å²) in [6.07, 6.45) is 5.69. The van der Waals surface area contributed by atoms with Gasteiger partial charge >= 0.3 is 5.97 Å². The van der Waals surface area contributed by atoms with Gasteiger partial charge in [0.05, 0.1) is 6.61 Å². The fourth-order valence-corrected chi connectivity index (χ4v) is 2.24. The van der Waals surface area contributed by atoms with Gasteiger partial charge in [-0.25, -0.2) is 4.79 Å². The number of rotatable bonds is 5. The number of fused-ring (bicyclic) bond motifs is 1. The maximum Gasteiger partial charge on any atom is 0.330 e. The number of nitrogens with one attached hydrogen (secondary N) is 1. The number of carbonyl (C=O) groups is 1. The van der Waals surface area contributed by atoms with Gasteiger partial charge in [0.15, 0.2) is 0 Å². The van der Waals surface area contributed by atoms with Crippen molar-refractivity contribution in [2.75, 3.05) is 6.61 Å². The van der Waals surface area contributed by atoms with Gasteiger partial charge in [0.2, 0.25) is 0 Å². The lowest BCUT2D eigenvalue weighted by Crippen LogP contribution is -2.32. The van der Waals surface area contributed by atoms with Crippen LogP contribution in [0.3, 0.4) is 0 Å². The quantitative estimate of drug-likeness (QED) is 0.649. The lowest BCUT2D eigenvalue weighted by molar-refractivity contribution is -0.137. The molecule has 2 aromatic rings. The molecule has 106 valence electrons. The van der Waals surface area contributed by atoms with E-state index in [0.717, 1.165) is 16.5 Å². The monoisotopic (exact) mass is 272 g/mol. The summed E-state index contributed by atoms with van der Waals surface area (Å²) < 4.78 is 4.84. The summed E-state index contributed by atoms with van der Waals surface area (Å²) in [5, 5.41) is 1.11. The first-order valence-electron chi connectivity index (χ1n) is 6.73. The summed E-state index contributed by atoms with van der Waals surface area (Å²) >= 11 is 0. The van der Waals surface area contributed by atoms with Gasteiger partial charge in [-0.2, -0.15) is 0 Å². The zero-order chi connectivity index (χ0) is 14.6. The Balaban J connectivity index is 2.16. The summed E-state index contributed by atoms with van der Waals surface area (Å²) in [7, 11) is 0. The fourth-order valence-electron chi connectivity index (χ4n) is 2.24. The van der Waals surface area contributed by atoms with Crippen molar-refractivity contribution in [1.82, 2.24) is 4.98 Å². The molecule has 1 aromatic heterocycles. The van der Waals surface area contributed by atoms with Crippen LogP contribution in [0.5, 0.6) is 0 Å². The van der Waals surface area contributed by atoms with Crippen LogP contribution in [-0.4, -0.2) is 17.6 Å². The van der Waals surface area contributed by atoms with Crippen molar-refractivity contribution in [3.05, 3.63) is 48.2 Å². The Bertz CT molecular complexity index is 626. The van der Waals surface area contributed by atoms with Crippen molar-refractivity contribution >= 4 is 16.9 Å². The number of carbonyl (C=O) groups excluding carboxylic acids is 1. The summed E-state index contributed by atoms with van der Waals surface area (Å²) in [4.78, 5) is 14.5. The van der Waals surface area contributed by atoms with Gasteiger partial charge in [-0.05, 0) is 31.9 Å². The standard InChI is InChI=1S/C16H20N2O2/c1-3-20-15(19)9-6-10-16(2,17)13-11-18-14-8-5-4-7-12(13)14/h4-9,11,18H,3,10,17H2,1-2H3. The zero-order valence-electron chi connectivity index (χ0n) is 11.8. The lowest BCUT2D eigenvalue weighted by Gasteiger charge is -2.22. The van der Waals surface area contributed by atoms with E-state index >= 15 is 0 Å². The Kier molecular flexibility index (Phi) is 4.25. The van der Waals surface area contributed by atoms with E-state index in [0.29, 0.717) is 13.0 Å². The number of ether oxygens (including phenoxy) is 1. The van der Waals surface area contributed by atoms with E-state index in [1.54, 1.807) is 13.0 Å². The number of aromatic nitrogens is 1. The Labute approximate surface area is 118 Å². The molecular formula is C16H20N2O2. The van der Waals surface area contributed by atoms with Crippen molar-refractivity contribution in [3.8, 4) is 0 Å². The van der Waals surface area contributed by atoms with Gasteiger partial charge in [-0.3, -0.25) is 0 Å². The third kappa shape index (κ3) is 3.08. The highest BCUT2D eigenvalue weighted by atomic mass is 16.5. The molecule has 4 nitrogen and oxygen atoms in total. The zero-order valence-corrected chi connectivity index (χ0v) is 11.8. The van der Waals surface area contributed by atoms with Crippen LogP contribution in [-0.2, 0) is 15.1 Å². The summed E-state index contributed by atoms with van der Waals surface area (Å²) in [5.74, 6) is -0.331. The van der Waals surface area contributed by atoms with Crippen molar-refractivity contribution in [1.29, 1.82) is 0 Å². The molecule has 0 aliphatic rings. The van der Waals surface area contributed by atoms with Crippen LogP contribution in [0.1, 0.15) is 25.8 Å². The molecule has 1 unspecified atom stereocenters. The lowest BCUT2D eigenvalue weighted by atomic mass is 9.89. The molecule has 1 heterocycles. The molecule has 1 aromatic carbocycles. The highest BCUT2D eigenvalue weighted by molar-refractivity contribution is 5.84. The molecule has 2 rings (SSSR count). The highest BCUT2D eigenvalue weighted by Gasteiger charge is 2.23. The number of para-hydroxylation sites is 1. The normalized spacial score (nSPS) is 14.6. The van der Waals surface area contributed by atoms with Gasteiger partial charge in [0.25, 0.3) is 0 Å². The molecule has 0 radical (unpaired) electrons. The van der Waals surface area contributed by atoms with Crippen molar-refractivity contribution in [3.63, 3.8) is 0 Å². The van der Waals surface area contributed by atoms with Crippen LogP contribution in [0.4, 0.5) is 0 Å². The Morgan fingerprint density at radius 1 is 1.45 bits per heavy atom. The molecule has 3 N–H and O–H groups in total. The van der Waals surface area contributed by atoms with Gasteiger partial charge in [0, 0.05) is 28.7 Å². The van der Waals surface area contributed by atoms with Crippen LogP contribution in [0.15, 0.2) is 42.6 Å². The number of hydrogen-bond acceptors (Lipinski definition) is 3. The Hall–Kier alpha value is -2.07. The number of esters is 1. The van der Waals surface area contributed by atoms with Gasteiger partial charge in [-0.15, -0.1) is 0 Å². The molecule has 0 aliphatic carbocycles. The van der Waals surface area contributed by atoms with Gasteiger partial charge < -0.3 is 15.5 Å². The van der Waals surface area contributed by atoms with E-state index in [1.165, 1.54) is 6.08 Å². The van der Waals surface area contributed by atoms with Crippen LogP contribution in [0.2, 0.25) is 0 Å². The first-order chi connectivity index (χ1) is 9.54. The van der Waals surface area contributed by atoms with Crippen LogP contribution in [0.25, 0.3) is 10.9 Å². The maximum absolute atomic E-state index is 11.3. The van der Waals surface area contributed by atoms with Crippen LogP contribution in [0, 0.1) is 0 Å². The molecule has 0 saturated heterocycles. The number of nitrogens with two attached hydrogens (primary N) is 1. The molecule has 0 bridgehead atoms. The number of aromatic amines is 1. The molecule has 0 saturated carbocycles. The molecule has 4 heteroatoms. The van der Waals surface area contributed by atoms with E-state index in [2.05, 4.69) is 4.98 Å². The van der Waals surface area contributed by atoms with Gasteiger partial charge in [-0.1, -0.05) is 24.3 Å². The largest absolute Gasteiger partial charge is 0.463 e.